The fourth-order valence-electron chi connectivity index (χ4n) is 3.79. The fourth-order valence-corrected chi connectivity index (χ4v) is 3.79. The van der Waals surface area contributed by atoms with E-state index >= 15 is 0 Å². The molecule has 1 unspecified atom stereocenters. The number of carbonyl (C=O) groups excluding carboxylic acids is 1. The van der Waals surface area contributed by atoms with E-state index in [1.54, 1.807) is 6.92 Å². The van der Waals surface area contributed by atoms with E-state index in [9.17, 15) is 4.79 Å². The minimum absolute atomic E-state index is 0.0905. The van der Waals surface area contributed by atoms with Crippen molar-refractivity contribution >= 4 is 17.3 Å². The molecule has 126 valence electrons. The Bertz CT molecular complexity index is 701. The first-order valence-corrected chi connectivity index (χ1v) is 8.68. The number of aromatic nitrogens is 1. The zero-order chi connectivity index (χ0) is 17.1. The van der Waals surface area contributed by atoms with Crippen molar-refractivity contribution in [1.82, 2.24) is 4.98 Å². The van der Waals surface area contributed by atoms with Crippen LogP contribution in [0.4, 0.5) is 11.4 Å². The third-order valence-electron chi connectivity index (χ3n) is 4.91. The summed E-state index contributed by atoms with van der Waals surface area (Å²) in [5.74, 6) is 0.400. The summed E-state index contributed by atoms with van der Waals surface area (Å²) in [5.41, 5.74) is 3.18. The molecule has 4 nitrogen and oxygen atoms in total. The Morgan fingerprint density at radius 1 is 1.25 bits per heavy atom. The lowest BCUT2D eigenvalue weighted by Gasteiger charge is -2.45. The Morgan fingerprint density at radius 3 is 2.67 bits per heavy atom. The lowest BCUT2D eigenvalue weighted by atomic mass is 9.80. The van der Waals surface area contributed by atoms with Gasteiger partial charge in [-0.3, -0.25) is 9.78 Å². The second-order valence-corrected chi connectivity index (χ2v) is 6.53. The summed E-state index contributed by atoms with van der Waals surface area (Å²) in [6.07, 6.45) is 5.67. The molecule has 0 radical (unpaired) electrons. The van der Waals surface area contributed by atoms with E-state index in [4.69, 9.17) is 0 Å². The van der Waals surface area contributed by atoms with Gasteiger partial charge in [-0.25, -0.2) is 0 Å². The lowest BCUT2D eigenvalue weighted by molar-refractivity contribution is -0.117. The van der Waals surface area contributed by atoms with Crippen LogP contribution in [0.5, 0.6) is 0 Å². The predicted octanol–water partition coefficient (Wildman–Crippen LogP) is 4.41. The SMILES string of the molecule is CCCC1[C@H](C)[C@@H](Nc2ccccc2)c2ccncc2N1C(C)=O. The van der Waals surface area contributed by atoms with Gasteiger partial charge in [0.25, 0.3) is 0 Å². The first-order valence-electron chi connectivity index (χ1n) is 8.68. The van der Waals surface area contributed by atoms with Crippen LogP contribution in [0, 0.1) is 5.92 Å². The summed E-state index contributed by atoms with van der Waals surface area (Å²) >= 11 is 0. The number of fused-ring (bicyclic) bond motifs is 1. The van der Waals surface area contributed by atoms with Crippen LogP contribution in [-0.4, -0.2) is 16.9 Å². The van der Waals surface area contributed by atoms with E-state index in [-0.39, 0.29) is 18.0 Å². The van der Waals surface area contributed by atoms with Crippen LogP contribution in [-0.2, 0) is 4.79 Å². The molecule has 0 fully saturated rings. The number of para-hydroxylation sites is 1. The van der Waals surface area contributed by atoms with Gasteiger partial charge in [-0.2, -0.15) is 0 Å². The first kappa shape index (κ1) is 16.5. The number of nitrogens with one attached hydrogen (secondary N) is 1. The van der Waals surface area contributed by atoms with Crippen molar-refractivity contribution in [2.24, 2.45) is 5.92 Å². The molecule has 1 aliphatic heterocycles. The summed E-state index contributed by atoms with van der Waals surface area (Å²) in [6.45, 7) is 6.06. The number of benzene rings is 1. The highest BCUT2D eigenvalue weighted by Crippen LogP contribution is 2.43. The molecule has 24 heavy (non-hydrogen) atoms. The van der Waals surface area contributed by atoms with E-state index in [1.807, 2.05) is 41.6 Å². The normalized spacial score (nSPS) is 22.8. The summed E-state index contributed by atoms with van der Waals surface area (Å²) < 4.78 is 0. The number of rotatable bonds is 4. The number of pyridine rings is 1. The smallest absolute Gasteiger partial charge is 0.224 e. The number of nitrogens with zero attached hydrogens (tertiary/aromatic N) is 2. The zero-order valence-corrected chi connectivity index (χ0v) is 14.6. The molecular weight excluding hydrogens is 298 g/mol. The van der Waals surface area contributed by atoms with Crippen LogP contribution >= 0.6 is 0 Å². The van der Waals surface area contributed by atoms with Crippen molar-refractivity contribution in [2.75, 3.05) is 10.2 Å². The number of hydrogen-bond donors (Lipinski definition) is 1. The van der Waals surface area contributed by atoms with Crippen LogP contribution in [0.1, 0.15) is 45.2 Å². The highest BCUT2D eigenvalue weighted by molar-refractivity contribution is 5.93. The van der Waals surface area contributed by atoms with Crippen molar-refractivity contribution < 1.29 is 4.79 Å². The third kappa shape index (κ3) is 3.01. The molecule has 3 rings (SSSR count). The molecule has 4 heteroatoms. The van der Waals surface area contributed by atoms with Gasteiger partial charge in [0.05, 0.1) is 17.9 Å². The molecular formula is C20H25N3O. The van der Waals surface area contributed by atoms with Crippen molar-refractivity contribution in [3.05, 3.63) is 54.4 Å². The number of hydrogen-bond acceptors (Lipinski definition) is 3. The first-order chi connectivity index (χ1) is 11.6. The van der Waals surface area contributed by atoms with Gasteiger partial charge in [-0.1, -0.05) is 38.5 Å². The Labute approximate surface area is 143 Å². The number of anilines is 2. The zero-order valence-electron chi connectivity index (χ0n) is 14.6. The third-order valence-corrected chi connectivity index (χ3v) is 4.91. The Balaban J connectivity index is 2.04. The molecule has 1 aromatic carbocycles. The molecule has 2 heterocycles. The van der Waals surface area contributed by atoms with E-state index in [0.717, 1.165) is 29.8 Å². The van der Waals surface area contributed by atoms with E-state index < -0.39 is 0 Å². The van der Waals surface area contributed by atoms with Gasteiger partial charge in [0.2, 0.25) is 5.91 Å². The Morgan fingerprint density at radius 2 is 2.00 bits per heavy atom. The van der Waals surface area contributed by atoms with Crippen LogP contribution in [0.3, 0.4) is 0 Å². The van der Waals surface area contributed by atoms with Crippen molar-refractivity contribution in [1.29, 1.82) is 0 Å². The fraction of sp³-hybridized carbons (Fsp3) is 0.400. The lowest BCUT2D eigenvalue weighted by Crippen LogP contribution is -2.50. The Kier molecular flexibility index (Phi) is 4.84. The molecule has 1 aliphatic rings. The van der Waals surface area contributed by atoms with Gasteiger partial charge in [0.15, 0.2) is 0 Å². The number of amides is 1. The van der Waals surface area contributed by atoms with Gasteiger partial charge >= 0.3 is 0 Å². The maximum absolute atomic E-state index is 12.3. The monoisotopic (exact) mass is 323 g/mol. The van der Waals surface area contributed by atoms with Gasteiger partial charge in [-0.15, -0.1) is 0 Å². The van der Waals surface area contributed by atoms with Crippen LogP contribution < -0.4 is 10.2 Å². The van der Waals surface area contributed by atoms with Crippen LogP contribution in [0.25, 0.3) is 0 Å². The average Bonchev–Trinajstić information content (AvgIpc) is 2.59. The van der Waals surface area contributed by atoms with Gasteiger partial charge in [0.1, 0.15) is 0 Å². The average molecular weight is 323 g/mol. The number of carbonyl (C=O) groups is 1. The molecule has 2 aromatic rings. The van der Waals surface area contributed by atoms with Crippen LogP contribution in [0.2, 0.25) is 0 Å². The summed E-state index contributed by atoms with van der Waals surface area (Å²) in [6, 6.07) is 12.6. The molecule has 1 N–H and O–H groups in total. The Hall–Kier alpha value is -2.36. The molecule has 0 saturated carbocycles. The molecule has 1 aromatic heterocycles. The van der Waals surface area contributed by atoms with Crippen molar-refractivity contribution in [3.8, 4) is 0 Å². The van der Waals surface area contributed by atoms with Gasteiger partial charge in [0, 0.05) is 36.3 Å². The highest BCUT2D eigenvalue weighted by atomic mass is 16.2. The summed E-state index contributed by atoms with van der Waals surface area (Å²) in [5, 5.41) is 3.67. The largest absolute Gasteiger partial charge is 0.378 e. The second kappa shape index (κ2) is 7.04. The van der Waals surface area contributed by atoms with Crippen molar-refractivity contribution in [3.63, 3.8) is 0 Å². The van der Waals surface area contributed by atoms with E-state index in [0.29, 0.717) is 5.92 Å². The molecule has 0 spiro atoms. The maximum atomic E-state index is 12.3. The summed E-state index contributed by atoms with van der Waals surface area (Å²) in [4.78, 5) is 18.5. The standard InChI is InChI=1S/C20H25N3O/c1-4-8-18-14(2)20(22-16-9-6-5-7-10-16)17-11-12-21-13-19(17)23(18)15(3)24/h5-7,9-14,18,20,22H,4,8H2,1-3H3/t14-,18?,20+/m0/s1. The van der Waals surface area contributed by atoms with Gasteiger partial charge in [-0.05, 0) is 24.6 Å². The quantitative estimate of drug-likeness (QED) is 0.906. The maximum Gasteiger partial charge on any atom is 0.224 e. The highest BCUT2D eigenvalue weighted by Gasteiger charge is 2.39. The van der Waals surface area contributed by atoms with E-state index in [1.165, 1.54) is 0 Å². The van der Waals surface area contributed by atoms with Gasteiger partial charge < -0.3 is 10.2 Å². The van der Waals surface area contributed by atoms with Crippen molar-refractivity contribution in [2.45, 2.75) is 45.7 Å². The molecule has 1 amide bonds. The van der Waals surface area contributed by atoms with Crippen LogP contribution in [0.15, 0.2) is 48.8 Å². The molecule has 0 aliphatic carbocycles. The minimum atomic E-state index is 0.0905. The minimum Gasteiger partial charge on any atom is -0.378 e. The molecule has 0 saturated heterocycles. The molecule has 0 bridgehead atoms. The van der Waals surface area contributed by atoms with E-state index in [2.05, 4.69) is 36.3 Å². The topological polar surface area (TPSA) is 45.2 Å². The predicted molar refractivity (Wildman–Crippen MR) is 98.1 cm³/mol. The molecule has 3 atom stereocenters. The summed E-state index contributed by atoms with van der Waals surface area (Å²) in [7, 11) is 0. The second-order valence-electron chi connectivity index (χ2n) is 6.53.